The van der Waals surface area contributed by atoms with Crippen LogP contribution in [0.1, 0.15) is 30.9 Å². The average Bonchev–Trinajstić information content (AvgIpc) is 2.11. The Balaban J connectivity index is 3.15. The molecule has 0 aliphatic rings. The Morgan fingerprint density at radius 3 is 2.09 bits per heavy atom. The lowest BCUT2D eigenvalue weighted by molar-refractivity contribution is 0.386. The molecule has 0 aliphatic carbocycles. The first-order valence-electron chi connectivity index (χ1n) is 3.55. The van der Waals surface area contributed by atoms with E-state index < -0.39 is 0 Å². The molecule has 1 heterocycles. The molecule has 0 N–H and O–H groups in total. The first-order chi connectivity index (χ1) is 4.93. The van der Waals surface area contributed by atoms with Crippen molar-refractivity contribution in [3.05, 3.63) is 17.0 Å². The molecule has 0 bridgehead atoms. The lowest BCUT2D eigenvalue weighted by Crippen LogP contribution is -2.08. The van der Waals surface area contributed by atoms with Gasteiger partial charge in [0.25, 0.3) is 0 Å². The molecular formula is C8H12INO. The summed E-state index contributed by atoms with van der Waals surface area (Å²) < 4.78 is 5.14. The molecule has 0 fully saturated rings. The molecule has 0 saturated carbocycles. The lowest BCUT2D eigenvalue weighted by atomic mass is 10.1. The van der Waals surface area contributed by atoms with Gasteiger partial charge in [-0.3, -0.25) is 0 Å². The fourth-order valence-corrected chi connectivity index (χ4v) is 1.48. The van der Waals surface area contributed by atoms with Gasteiger partial charge in [0.05, 0.1) is 3.42 Å². The van der Waals surface area contributed by atoms with E-state index >= 15 is 0 Å². The van der Waals surface area contributed by atoms with E-state index in [4.69, 9.17) is 4.52 Å². The smallest absolute Gasteiger partial charge is 0.136 e. The molecule has 0 amide bonds. The monoisotopic (exact) mass is 265 g/mol. The minimum absolute atomic E-state index is 0.0691. The van der Waals surface area contributed by atoms with E-state index in [-0.39, 0.29) is 3.42 Å². The van der Waals surface area contributed by atoms with Crippen LogP contribution in [0.15, 0.2) is 4.52 Å². The highest BCUT2D eigenvalue weighted by atomic mass is 127. The van der Waals surface area contributed by atoms with Gasteiger partial charge in [-0.25, -0.2) is 0 Å². The summed E-state index contributed by atoms with van der Waals surface area (Å²) in [5, 5.41) is 4.00. The molecule has 0 unspecified atom stereocenters. The van der Waals surface area contributed by atoms with Crippen molar-refractivity contribution in [1.82, 2.24) is 5.16 Å². The normalized spacial score (nSPS) is 12.1. The number of halogens is 1. The Bertz CT molecular complexity index is 260. The second kappa shape index (κ2) is 2.77. The number of hydrogen-bond donors (Lipinski definition) is 0. The largest absolute Gasteiger partial charge is 0.361 e. The van der Waals surface area contributed by atoms with Gasteiger partial charge in [0.2, 0.25) is 0 Å². The molecule has 0 saturated heterocycles. The first kappa shape index (κ1) is 9.03. The molecule has 0 aliphatic heterocycles. The topological polar surface area (TPSA) is 26.0 Å². The third-order valence-corrected chi connectivity index (χ3v) is 2.23. The van der Waals surface area contributed by atoms with Crippen molar-refractivity contribution < 1.29 is 4.52 Å². The highest BCUT2D eigenvalue weighted by molar-refractivity contribution is 14.1. The van der Waals surface area contributed by atoms with E-state index in [1.54, 1.807) is 0 Å². The third-order valence-electron chi connectivity index (χ3n) is 1.72. The summed E-state index contributed by atoms with van der Waals surface area (Å²) in [6.45, 7) is 8.23. The SMILES string of the molecule is Cc1onc(C(C)(C)I)c1C. The second-order valence-electron chi connectivity index (χ2n) is 3.18. The van der Waals surface area contributed by atoms with Crippen molar-refractivity contribution in [3.63, 3.8) is 0 Å². The maximum Gasteiger partial charge on any atom is 0.136 e. The fourth-order valence-electron chi connectivity index (χ4n) is 0.972. The quantitative estimate of drug-likeness (QED) is 0.576. The fraction of sp³-hybridized carbons (Fsp3) is 0.625. The van der Waals surface area contributed by atoms with Crippen LogP contribution in [-0.2, 0) is 3.42 Å². The zero-order valence-electron chi connectivity index (χ0n) is 7.23. The average molecular weight is 265 g/mol. The molecule has 0 aromatic carbocycles. The van der Waals surface area contributed by atoms with Gasteiger partial charge >= 0.3 is 0 Å². The van der Waals surface area contributed by atoms with Crippen molar-refractivity contribution in [1.29, 1.82) is 0 Å². The van der Waals surface area contributed by atoms with Crippen molar-refractivity contribution in [2.24, 2.45) is 0 Å². The van der Waals surface area contributed by atoms with Crippen LogP contribution in [-0.4, -0.2) is 5.16 Å². The Hall–Kier alpha value is -0.0600. The zero-order valence-corrected chi connectivity index (χ0v) is 9.39. The standard InChI is InChI=1S/C8H12INO/c1-5-6(2)11-10-7(5)8(3,4)9/h1-4H3. The minimum Gasteiger partial charge on any atom is -0.361 e. The van der Waals surface area contributed by atoms with Gasteiger partial charge in [0.1, 0.15) is 11.5 Å². The Morgan fingerprint density at radius 2 is 1.91 bits per heavy atom. The predicted octanol–water partition coefficient (Wildman–Crippen LogP) is 2.96. The highest BCUT2D eigenvalue weighted by Crippen LogP contribution is 2.32. The summed E-state index contributed by atoms with van der Waals surface area (Å²) in [6.07, 6.45) is 0. The summed E-state index contributed by atoms with van der Waals surface area (Å²) >= 11 is 2.36. The summed E-state index contributed by atoms with van der Waals surface area (Å²) in [5.41, 5.74) is 2.22. The Kier molecular flexibility index (Phi) is 2.27. The van der Waals surface area contributed by atoms with Crippen molar-refractivity contribution in [2.45, 2.75) is 31.1 Å². The molecule has 0 atom stereocenters. The molecule has 0 radical (unpaired) electrons. The number of nitrogens with zero attached hydrogens (tertiary/aromatic N) is 1. The van der Waals surface area contributed by atoms with Gasteiger partial charge in [-0.1, -0.05) is 27.7 Å². The molecule has 1 aromatic heterocycles. The first-order valence-corrected chi connectivity index (χ1v) is 4.63. The van der Waals surface area contributed by atoms with Crippen LogP contribution < -0.4 is 0 Å². The van der Waals surface area contributed by atoms with Crippen LogP contribution in [0.25, 0.3) is 0 Å². The second-order valence-corrected chi connectivity index (χ2v) is 5.88. The predicted molar refractivity (Wildman–Crippen MR) is 53.0 cm³/mol. The number of alkyl halides is 1. The maximum absolute atomic E-state index is 5.07. The number of aromatic nitrogens is 1. The van der Waals surface area contributed by atoms with Crippen LogP contribution in [0.4, 0.5) is 0 Å². The van der Waals surface area contributed by atoms with Crippen molar-refractivity contribution in [3.8, 4) is 0 Å². The molecule has 3 heteroatoms. The Morgan fingerprint density at radius 1 is 1.36 bits per heavy atom. The van der Waals surface area contributed by atoms with Crippen LogP contribution in [0, 0.1) is 13.8 Å². The van der Waals surface area contributed by atoms with E-state index in [0.717, 1.165) is 11.5 Å². The van der Waals surface area contributed by atoms with E-state index in [0.29, 0.717) is 0 Å². The van der Waals surface area contributed by atoms with Gasteiger partial charge in [-0.15, -0.1) is 0 Å². The van der Waals surface area contributed by atoms with E-state index in [1.165, 1.54) is 5.56 Å². The third kappa shape index (κ3) is 1.75. The zero-order chi connectivity index (χ0) is 8.65. The van der Waals surface area contributed by atoms with Gasteiger partial charge in [-0.2, -0.15) is 0 Å². The Labute approximate surface area is 80.5 Å². The van der Waals surface area contributed by atoms with Crippen LogP contribution in [0.5, 0.6) is 0 Å². The highest BCUT2D eigenvalue weighted by Gasteiger charge is 2.23. The summed E-state index contributed by atoms with van der Waals surface area (Å²) in [4.78, 5) is 0. The van der Waals surface area contributed by atoms with Crippen molar-refractivity contribution >= 4 is 22.6 Å². The lowest BCUT2D eigenvalue weighted by Gasteiger charge is -2.12. The molecule has 1 rings (SSSR count). The molecule has 62 valence electrons. The minimum atomic E-state index is 0.0691. The number of rotatable bonds is 1. The van der Waals surface area contributed by atoms with Gasteiger partial charge in [0, 0.05) is 5.56 Å². The molecular weight excluding hydrogens is 253 g/mol. The summed E-state index contributed by atoms with van der Waals surface area (Å²) in [6, 6.07) is 0. The van der Waals surface area contributed by atoms with Crippen LogP contribution >= 0.6 is 22.6 Å². The molecule has 2 nitrogen and oxygen atoms in total. The maximum atomic E-state index is 5.07. The van der Waals surface area contributed by atoms with Crippen molar-refractivity contribution in [2.75, 3.05) is 0 Å². The van der Waals surface area contributed by atoms with Crippen LogP contribution in [0.2, 0.25) is 0 Å². The van der Waals surface area contributed by atoms with Crippen LogP contribution in [0.3, 0.4) is 0 Å². The summed E-state index contributed by atoms with van der Waals surface area (Å²) in [7, 11) is 0. The van der Waals surface area contributed by atoms with E-state index in [1.807, 2.05) is 13.8 Å². The summed E-state index contributed by atoms with van der Waals surface area (Å²) in [5.74, 6) is 0.921. The van der Waals surface area contributed by atoms with E-state index in [2.05, 4.69) is 41.6 Å². The number of aryl methyl sites for hydroxylation is 1. The molecule has 0 spiro atoms. The van der Waals surface area contributed by atoms with E-state index in [9.17, 15) is 0 Å². The molecule has 11 heavy (non-hydrogen) atoms. The van der Waals surface area contributed by atoms with Gasteiger partial charge in [-0.05, 0) is 27.7 Å². The molecule has 1 aromatic rings. The van der Waals surface area contributed by atoms with Gasteiger partial charge < -0.3 is 4.52 Å². The van der Waals surface area contributed by atoms with Gasteiger partial charge in [0.15, 0.2) is 0 Å². The number of hydrogen-bond acceptors (Lipinski definition) is 2.